The van der Waals surface area contributed by atoms with Crippen LogP contribution in [0.2, 0.25) is 0 Å². The molecular formula is C37H25F3N6O4. The Kier molecular flexibility index (Phi) is 8.52. The lowest BCUT2D eigenvalue weighted by molar-refractivity contribution is 0.102. The second kappa shape index (κ2) is 13.4. The van der Waals surface area contributed by atoms with Gasteiger partial charge < -0.3 is 14.8 Å². The molecule has 10 nitrogen and oxygen atoms in total. The van der Waals surface area contributed by atoms with E-state index in [1.165, 1.54) is 54.9 Å². The summed E-state index contributed by atoms with van der Waals surface area (Å²) in [6, 6.07) is 24.9. The Labute approximate surface area is 282 Å². The molecule has 7 aromatic rings. The topological polar surface area (TPSA) is 113 Å². The molecule has 7 rings (SSSR count). The predicted molar refractivity (Wildman–Crippen MR) is 179 cm³/mol. The molecule has 1 amide bonds. The van der Waals surface area contributed by atoms with Crippen molar-refractivity contribution in [3.05, 3.63) is 154 Å². The average Bonchev–Trinajstić information content (AvgIpc) is 3.49. The third-order valence-corrected chi connectivity index (χ3v) is 7.78. The Morgan fingerprint density at radius 2 is 1.54 bits per heavy atom. The molecule has 0 bridgehead atoms. The molecule has 0 unspecified atom stereocenters. The van der Waals surface area contributed by atoms with Crippen LogP contribution in [0.15, 0.2) is 120 Å². The molecule has 0 aliphatic rings. The molecule has 0 saturated carbocycles. The number of rotatable bonds is 9. The second-order valence-electron chi connectivity index (χ2n) is 11.0. The Morgan fingerprint density at radius 3 is 2.24 bits per heavy atom. The summed E-state index contributed by atoms with van der Waals surface area (Å²) >= 11 is 0. The van der Waals surface area contributed by atoms with Crippen molar-refractivity contribution in [3.8, 4) is 34.2 Å². The Hall–Kier alpha value is -6.76. The van der Waals surface area contributed by atoms with E-state index in [-0.39, 0.29) is 28.4 Å². The monoisotopic (exact) mass is 674 g/mol. The third kappa shape index (κ3) is 6.39. The number of hydrogen-bond acceptors (Lipinski definition) is 7. The number of amides is 1. The minimum atomic E-state index is -0.805. The van der Waals surface area contributed by atoms with Gasteiger partial charge in [0.25, 0.3) is 11.5 Å². The van der Waals surface area contributed by atoms with Gasteiger partial charge in [0.15, 0.2) is 17.2 Å². The normalized spacial score (nSPS) is 11.0. The number of nitrogens with one attached hydrogen (secondary N) is 1. The molecule has 4 aromatic carbocycles. The summed E-state index contributed by atoms with van der Waals surface area (Å²) in [5.74, 6) is -1.73. The highest BCUT2D eigenvalue weighted by atomic mass is 19.1. The van der Waals surface area contributed by atoms with Gasteiger partial charge in [0.1, 0.15) is 34.4 Å². The number of hydrogen-bond donors (Lipinski definition) is 1. The van der Waals surface area contributed by atoms with Crippen LogP contribution in [0, 0.1) is 17.5 Å². The van der Waals surface area contributed by atoms with Crippen molar-refractivity contribution in [1.82, 2.24) is 24.5 Å². The first-order valence-electron chi connectivity index (χ1n) is 15.1. The van der Waals surface area contributed by atoms with Crippen molar-refractivity contribution in [3.63, 3.8) is 0 Å². The fourth-order valence-corrected chi connectivity index (χ4v) is 5.31. The first-order valence-corrected chi connectivity index (χ1v) is 15.1. The summed E-state index contributed by atoms with van der Waals surface area (Å²) in [7, 11) is 1.58. The first kappa shape index (κ1) is 31.8. The molecule has 13 heteroatoms. The van der Waals surface area contributed by atoms with E-state index in [1.807, 2.05) is 24.3 Å². The number of ether oxygens (including phenoxy) is 2. The largest absolute Gasteiger partial charge is 0.497 e. The van der Waals surface area contributed by atoms with Crippen LogP contribution in [0.3, 0.4) is 0 Å². The Morgan fingerprint density at radius 1 is 0.820 bits per heavy atom. The highest BCUT2D eigenvalue weighted by Gasteiger charge is 2.21. The summed E-state index contributed by atoms with van der Waals surface area (Å²) in [5.41, 5.74) is 1.72. The highest BCUT2D eigenvalue weighted by molar-refractivity contribution is 6.04. The number of carbonyl (C=O) groups is 1. The Bertz CT molecular complexity index is 2410. The smallest absolute Gasteiger partial charge is 0.284 e. The van der Waals surface area contributed by atoms with Crippen LogP contribution in [0.1, 0.15) is 15.9 Å². The van der Waals surface area contributed by atoms with E-state index < -0.39 is 28.9 Å². The maximum absolute atomic E-state index is 15.5. The van der Waals surface area contributed by atoms with E-state index in [9.17, 15) is 18.4 Å². The Balaban J connectivity index is 1.18. The van der Waals surface area contributed by atoms with Crippen LogP contribution in [0.4, 0.5) is 18.9 Å². The van der Waals surface area contributed by atoms with Gasteiger partial charge in [-0.05, 0) is 90.5 Å². The number of anilines is 1. The van der Waals surface area contributed by atoms with E-state index in [0.29, 0.717) is 34.6 Å². The van der Waals surface area contributed by atoms with Crippen molar-refractivity contribution in [2.24, 2.45) is 0 Å². The number of fused-ring (bicyclic) bond motifs is 1. The fraction of sp³-hybridized carbons (Fsp3) is 0.0541. The lowest BCUT2D eigenvalue weighted by Crippen LogP contribution is -2.29. The van der Waals surface area contributed by atoms with Crippen LogP contribution in [0.25, 0.3) is 28.0 Å². The molecule has 0 saturated heterocycles. The summed E-state index contributed by atoms with van der Waals surface area (Å²) in [5, 5.41) is 11.8. The van der Waals surface area contributed by atoms with Crippen LogP contribution >= 0.6 is 0 Å². The van der Waals surface area contributed by atoms with Crippen molar-refractivity contribution in [2.45, 2.75) is 6.54 Å². The van der Waals surface area contributed by atoms with Gasteiger partial charge in [-0.15, -0.1) is 0 Å². The third-order valence-electron chi connectivity index (χ3n) is 7.78. The van der Waals surface area contributed by atoms with E-state index in [0.717, 1.165) is 28.4 Å². The number of benzene rings is 4. The van der Waals surface area contributed by atoms with E-state index >= 15 is 4.39 Å². The number of aromatic nitrogens is 5. The average molecular weight is 675 g/mol. The minimum absolute atomic E-state index is 0.0589. The zero-order valence-electron chi connectivity index (χ0n) is 26.2. The summed E-state index contributed by atoms with van der Waals surface area (Å²) in [4.78, 5) is 30.6. The van der Waals surface area contributed by atoms with Gasteiger partial charge in [0.05, 0.1) is 24.7 Å². The quantitative estimate of drug-likeness (QED) is 0.173. The molecule has 0 spiro atoms. The summed E-state index contributed by atoms with van der Waals surface area (Å²) in [6.45, 7) is 0.341. The molecule has 0 aliphatic carbocycles. The van der Waals surface area contributed by atoms with Crippen molar-refractivity contribution in [2.75, 3.05) is 12.4 Å². The summed E-state index contributed by atoms with van der Waals surface area (Å²) in [6.07, 6.45) is 2.77. The van der Waals surface area contributed by atoms with Gasteiger partial charge in [-0.25, -0.2) is 22.8 Å². The lowest BCUT2D eigenvalue weighted by atomic mass is 10.1. The van der Waals surface area contributed by atoms with Crippen molar-refractivity contribution >= 4 is 22.6 Å². The molecule has 0 radical (unpaired) electrons. The maximum atomic E-state index is 15.5. The van der Waals surface area contributed by atoms with Crippen LogP contribution in [0.5, 0.6) is 17.2 Å². The number of methoxy groups -OCH3 is 1. The van der Waals surface area contributed by atoms with Gasteiger partial charge in [-0.3, -0.25) is 9.59 Å². The first-order chi connectivity index (χ1) is 24.3. The number of carbonyl (C=O) groups excluding carboxylic acids is 1. The lowest BCUT2D eigenvalue weighted by Gasteiger charge is -2.11. The molecule has 1 N–H and O–H groups in total. The molecule has 0 aliphatic heterocycles. The van der Waals surface area contributed by atoms with Crippen molar-refractivity contribution < 1.29 is 27.4 Å². The molecule has 0 atom stereocenters. The predicted octanol–water partition coefficient (Wildman–Crippen LogP) is 7.16. The molecule has 3 aromatic heterocycles. The van der Waals surface area contributed by atoms with Gasteiger partial charge in [-0.2, -0.15) is 14.9 Å². The van der Waals surface area contributed by atoms with Gasteiger partial charge >= 0.3 is 0 Å². The molecule has 3 heterocycles. The van der Waals surface area contributed by atoms with Crippen LogP contribution in [-0.4, -0.2) is 37.6 Å². The molecule has 248 valence electrons. The zero-order valence-corrected chi connectivity index (χ0v) is 26.2. The number of halogens is 3. The van der Waals surface area contributed by atoms with E-state index in [4.69, 9.17) is 14.6 Å². The van der Waals surface area contributed by atoms with Crippen LogP contribution < -0.4 is 20.3 Å². The molecule has 50 heavy (non-hydrogen) atoms. The highest BCUT2D eigenvalue weighted by Crippen LogP contribution is 2.37. The summed E-state index contributed by atoms with van der Waals surface area (Å²) < 4.78 is 56.7. The zero-order chi connectivity index (χ0) is 34.8. The number of nitrogens with zero attached hydrogens (tertiary/aromatic N) is 5. The molecular weight excluding hydrogens is 649 g/mol. The fourth-order valence-electron chi connectivity index (χ4n) is 5.31. The molecule has 0 fully saturated rings. The van der Waals surface area contributed by atoms with E-state index in [2.05, 4.69) is 15.4 Å². The van der Waals surface area contributed by atoms with Crippen LogP contribution in [-0.2, 0) is 6.54 Å². The van der Waals surface area contributed by atoms with Gasteiger partial charge in [-0.1, -0.05) is 12.1 Å². The minimum Gasteiger partial charge on any atom is -0.497 e. The van der Waals surface area contributed by atoms with Crippen molar-refractivity contribution in [1.29, 1.82) is 0 Å². The van der Waals surface area contributed by atoms with Gasteiger partial charge in [0, 0.05) is 29.7 Å². The number of pyridine rings is 1. The van der Waals surface area contributed by atoms with E-state index in [1.54, 1.807) is 30.0 Å². The second-order valence-corrected chi connectivity index (χ2v) is 11.0. The standard InChI is InChI=1S/C37H25F3N6O4/c1-49-28-13-2-22(3-14-28)21-45-35-33(34(44-45)23-4-6-24(38)7-5-23)32(17-18-41-35)50-31-15-10-26(20-30(31)40)43-36(47)29-16-19-42-46(37(29)48)27-11-8-25(39)9-12-27/h2-20H,21H2,1H3,(H,43,47). The van der Waals surface area contributed by atoms with Gasteiger partial charge in [0.2, 0.25) is 0 Å². The maximum Gasteiger partial charge on any atom is 0.284 e. The SMILES string of the molecule is COc1ccc(Cn2nc(-c3ccc(F)cc3)c3c(Oc4ccc(NC(=O)c5ccnn(-c6ccc(F)cc6)c5=O)cc4F)ccnc32)cc1.